The third-order valence-electron chi connectivity index (χ3n) is 2.57. The van der Waals surface area contributed by atoms with Gasteiger partial charge in [-0.25, -0.2) is 13.1 Å². The second-order valence-electron chi connectivity index (χ2n) is 4.34. The van der Waals surface area contributed by atoms with E-state index in [-0.39, 0.29) is 28.4 Å². The van der Waals surface area contributed by atoms with Crippen LogP contribution < -0.4 is 10.5 Å². The Kier molecular flexibility index (Phi) is 5.43. The molecule has 18 heavy (non-hydrogen) atoms. The summed E-state index contributed by atoms with van der Waals surface area (Å²) in [4.78, 5) is 0.0767. The largest absolute Gasteiger partial charge is 0.326 e. The first kappa shape index (κ1) is 15.7. The molecule has 102 valence electrons. The topological polar surface area (TPSA) is 72.2 Å². The zero-order valence-corrected chi connectivity index (χ0v) is 12.5. The molecule has 0 fully saturated rings. The predicted molar refractivity (Wildman–Crippen MR) is 74.5 cm³/mol. The van der Waals surface area contributed by atoms with E-state index in [9.17, 15) is 8.42 Å². The molecule has 0 amide bonds. The maximum absolute atomic E-state index is 12.0. The minimum absolute atomic E-state index is 0.0767. The first-order valence-corrected chi connectivity index (χ1v) is 7.68. The molecule has 0 saturated heterocycles. The van der Waals surface area contributed by atoms with Gasteiger partial charge in [-0.15, -0.1) is 0 Å². The van der Waals surface area contributed by atoms with Crippen molar-refractivity contribution in [1.29, 1.82) is 0 Å². The number of hydrogen-bond acceptors (Lipinski definition) is 3. The van der Waals surface area contributed by atoms with E-state index in [0.717, 1.165) is 0 Å². The summed E-state index contributed by atoms with van der Waals surface area (Å²) < 4.78 is 26.4. The van der Waals surface area contributed by atoms with Crippen molar-refractivity contribution in [3.05, 3.63) is 28.2 Å². The Morgan fingerprint density at radius 2 is 1.89 bits per heavy atom. The summed E-state index contributed by atoms with van der Waals surface area (Å²) in [6.45, 7) is 4.04. The normalized spacial score (nSPS) is 13.9. The van der Waals surface area contributed by atoms with Gasteiger partial charge in [0.25, 0.3) is 0 Å². The van der Waals surface area contributed by atoms with Crippen LogP contribution in [0.2, 0.25) is 10.0 Å². The first-order chi connectivity index (χ1) is 8.24. The zero-order chi connectivity index (χ0) is 13.9. The van der Waals surface area contributed by atoms with Gasteiger partial charge in [0.1, 0.15) is 0 Å². The quantitative estimate of drug-likeness (QED) is 0.876. The molecule has 0 aromatic heterocycles. The summed E-state index contributed by atoms with van der Waals surface area (Å²) in [5.41, 5.74) is 5.78. The van der Waals surface area contributed by atoms with E-state index >= 15 is 0 Å². The SMILES string of the molecule is CC(C)C(N)CNS(=O)(=O)c1ccc(Cl)c(Cl)c1. The molecule has 7 heteroatoms. The van der Waals surface area contributed by atoms with Crippen LogP contribution in [0.25, 0.3) is 0 Å². The Labute approximate surface area is 118 Å². The summed E-state index contributed by atoms with van der Waals surface area (Å²) in [5, 5.41) is 0.516. The molecule has 0 saturated carbocycles. The molecular formula is C11H16Cl2N2O2S. The lowest BCUT2D eigenvalue weighted by Gasteiger charge is -2.16. The third kappa shape index (κ3) is 4.10. The third-order valence-corrected chi connectivity index (χ3v) is 4.73. The average Bonchev–Trinajstić information content (AvgIpc) is 2.29. The number of benzene rings is 1. The van der Waals surface area contributed by atoms with Crippen molar-refractivity contribution in [3.63, 3.8) is 0 Å². The number of hydrogen-bond donors (Lipinski definition) is 2. The molecular weight excluding hydrogens is 295 g/mol. The Balaban J connectivity index is 2.83. The average molecular weight is 311 g/mol. The van der Waals surface area contributed by atoms with Gasteiger partial charge in [0.15, 0.2) is 0 Å². The Bertz CT molecular complexity index is 518. The van der Waals surface area contributed by atoms with Gasteiger partial charge >= 0.3 is 0 Å². The first-order valence-electron chi connectivity index (χ1n) is 5.44. The second-order valence-corrected chi connectivity index (χ2v) is 6.92. The molecule has 0 aliphatic carbocycles. The molecule has 0 aliphatic heterocycles. The molecule has 0 spiro atoms. The molecule has 1 aromatic rings. The number of nitrogens with one attached hydrogen (secondary N) is 1. The minimum Gasteiger partial charge on any atom is -0.326 e. The van der Waals surface area contributed by atoms with E-state index in [1.807, 2.05) is 13.8 Å². The van der Waals surface area contributed by atoms with E-state index in [1.165, 1.54) is 18.2 Å². The number of rotatable bonds is 5. The Hall–Kier alpha value is -0.330. The molecule has 1 atom stereocenters. The Morgan fingerprint density at radius 3 is 2.39 bits per heavy atom. The highest BCUT2D eigenvalue weighted by Crippen LogP contribution is 2.24. The highest BCUT2D eigenvalue weighted by molar-refractivity contribution is 7.89. The van der Waals surface area contributed by atoms with Crippen LogP contribution in [0.4, 0.5) is 0 Å². The maximum Gasteiger partial charge on any atom is 0.240 e. The van der Waals surface area contributed by atoms with Crippen molar-refractivity contribution in [3.8, 4) is 0 Å². The van der Waals surface area contributed by atoms with E-state index in [2.05, 4.69) is 4.72 Å². The number of sulfonamides is 1. The number of nitrogens with two attached hydrogens (primary N) is 1. The molecule has 1 rings (SSSR count). The van der Waals surface area contributed by atoms with Crippen LogP contribution >= 0.6 is 23.2 Å². The molecule has 4 nitrogen and oxygen atoms in total. The summed E-state index contributed by atoms with van der Waals surface area (Å²) >= 11 is 11.5. The Morgan fingerprint density at radius 1 is 1.28 bits per heavy atom. The summed E-state index contributed by atoms with van der Waals surface area (Å²) in [7, 11) is -3.60. The van der Waals surface area contributed by atoms with Crippen LogP contribution in [0, 0.1) is 5.92 Å². The highest BCUT2D eigenvalue weighted by Gasteiger charge is 2.17. The van der Waals surface area contributed by atoms with E-state index in [4.69, 9.17) is 28.9 Å². The number of halogens is 2. The molecule has 0 bridgehead atoms. The van der Waals surface area contributed by atoms with Crippen molar-refractivity contribution in [2.24, 2.45) is 11.7 Å². The van der Waals surface area contributed by atoms with Crippen LogP contribution in [-0.2, 0) is 10.0 Å². The highest BCUT2D eigenvalue weighted by atomic mass is 35.5. The second kappa shape index (κ2) is 6.21. The van der Waals surface area contributed by atoms with Crippen LogP contribution in [0.3, 0.4) is 0 Å². The lowest BCUT2D eigenvalue weighted by Crippen LogP contribution is -2.40. The molecule has 1 aromatic carbocycles. The van der Waals surface area contributed by atoms with Gasteiger partial charge in [0.2, 0.25) is 10.0 Å². The monoisotopic (exact) mass is 310 g/mol. The van der Waals surface area contributed by atoms with Crippen LogP contribution in [0.5, 0.6) is 0 Å². The lowest BCUT2D eigenvalue weighted by molar-refractivity contribution is 0.481. The van der Waals surface area contributed by atoms with Gasteiger partial charge in [0, 0.05) is 12.6 Å². The van der Waals surface area contributed by atoms with Gasteiger partial charge < -0.3 is 5.73 Å². The molecule has 0 aliphatic rings. The van der Waals surface area contributed by atoms with Crippen LogP contribution in [0.15, 0.2) is 23.1 Å². The van der Waals surface area contributed by atoms with Crippen molar-refractivity contribution in [1.82, 2.24) is 4.72 Å². The predicted octanol–water partition coefficient (Wildman–Crippen LogP) is 2.26. The van der Waals surface area contributed by atoms with Gasteiger partial charge in [-0.05, 0) is 24.1 Å². The smallest absolute Gasteiger partial charge is 0.240 e. The standard InChI is InChI=1S/C11H16Cl2N2O2S/c1-7(2)11(14)6-15-18(16,17)8-3-4-9(12)10(13)5-8/h3-5,7,11,15H,6,14H2,1-2H3. The van der Waals surface area contributed by atoms with E-state index < -0.39 is 10.0 Å². The van der Waals surface area contributed by atoms with Gasteiger partial charge in [0.05, 0.1) is 14.9 Å². The summed E-state index contributed by atoms with van der Waals surface area (Å²) in [5.74, 6) is 0.196. The van der Waals surface area contributed by atoms with Gasteiger partial charge in [-0.1, -0.05) is 37.0 Å². The van der Waals surface area contributed by atoms with Crippen molar-refractivity contribution >= 4 is 33.2 Å². The molecule has 0 heterocycles. The lowest BCUT2D eigenvalue weighted by atomic mass is 10.1. The summed E-state index contributed by atoms with van der Waals surface area (Å²) in [6.07, 6.45) is 0. The fourth-order valence-electron chi connectivity index (χ4n) is 1.17. The molecule has 0 radical (unpaired) electrons. The zero-order valence-electron chi connectivity index (χ0n) is 10.2. The maximum atomic E-state index is 12.0. The fourth-order valence-corrected chi connectivity index (χ4v) is 2.63. The minimum atomic E-state index is -3.60. The van der Waals surface area contributed by atoms with Crippen molar-refractivity contribution in [2.75, 3.05) is 6.54 Å². The van der Waals surface area contributed by atoms with E-state index in [1.54, 1.807) is 0 Å². The van der Waals surface area contributed by atoms with E-state index in [0.29, 0.717) is 5.02 Å². The fraction of sp³-hybridized carbons (Fsp3) is 0.455. The van der Waals surface area contributed by atoms with Gasteiger partial charge in [-0.3, -0.25) is 0 Å². The van der Waals surface area contributed by atoms with Crippen molar-refractivity contribution in [2.45, 2.75) is 24.8 Å². The molecule has 1 unspecified atom stereocenters. The van der Waals surface area contributed by atoms with Crippen LogP contribution in [-0.4, -0.2) is 21.0 Å². The summed E-state index contributed by atoms with van der Waals surface area (Å²) in [6, 6.07) is 3.92. The molecule has 3 N–H and O–H groups in total. The van der Waals surface area contributed by atoms with Crippen LogP contribution in [0.1, 0.15) is 13.8 Å². The van der Waals surface area contributed by atoms with Crippen molar-refractivity contribution < 1.29 is 8.42 Å². The van der Waals surface area contributed by atoms with Gasteiger partial charge in [-0.2, -0.15) is 0 Å².